The lowest BCUT2D eigenvalue weighted by Gasteiger charge is -2.28. The number of aliphatic carboxylic acids is 2. The molecular formula is C19H32N4O7. The Kier molecular flexibility index (Phi) is 9.70. The fourth-order valence-electron chi connectivity index (χ4n) is 3.20. The van der Waals surface area contributed by atoms with Gasteiger partial charge in [-0.1, -0.05) is 20.3 Å². The number of nitrogens with two attached hydrogens (primary N) is 1. The minimum absolute atomic E-state index is 0.0896. The molecule has 0 aromatic rings. The van der Waals surface area contributed by atoms with Crippen molar-refractivity contribution in [2.75, 3.05) is 6.54 Å². The summed E-state index contributed by atoms with van der Waals surface area (Å²) in [6, 6.07) is -4.03. The maximum Gasteiger partial charge on any atom is 0.326 e. The van der Waals surface area contributed by atoms with Crippen molar-refractivity contribution in [3.8, 4) is 0 Å². The number of hydrogen-bond acceptors (Lipinski definition) is 6. The summed E-state index contributed by atoms with van der Waals surface area (Å²) < 4.78 is 0. The van der Waals surface area contributed by atoms with Gasteiger partial charge in [-0.05, 0) is 32.1 Å². The van der Waals surface area contributed by atoms with Gasteiger partial charge in [0.15, 0.2) is 0 Å². The number of carboxylic acids is 2. The molecule has 11 nitrogen and oxygen atoms in total. The van der Waals surface area contributed by atoms with Gasteiger partial charge in [0.2, 0.25) is 17.7 Å². The quantitative estimate of drug-likeness (QED) is 0.286. The van der Waals surface area contributed by atoms with E-state index in [1.807, 2.05) is 13.8 Å². The highest BCUT2D eigenvalue weighted by atomic mass is 16.4. The predicted molar refractivity (Wildman–Crippen MR) is 106 cm³/mol. The van der Waals surface area contributed by atoms with E-state index in [4.69, 9.17) is 10.8 Å². The Balaban J connectivity index is 2.84. The van der Waals surface area contributed by atoms with E-state index in [2.05, 4.69) is 10.6 Å². The molecule has 0 radical (unpaired) electrons. The van der Waals surface area contributed by atoms with E-state index >= 15 is 0 Å². The van der Waals surface area contributed by atoms with Crippen LogP contribution in [0.5, 0.6) is 0 Å². The van der Waals surface area contributed by atoms with Crippen molar-refractivity contribution in [3.05, 3.63) is 0 Å². The van der Waals surface area contributed by atoms with Crippen LogP contribution in [0.3, 0.4) is 0 Å². The molecule has 0 spiro atoms. The number of nitrogens with one attached hydrogen (secondary N) is 2. The third-order valence-electron chi connectivity index (χ3n) is 5.39. The fraction of sp³-hybridized carbons (Fsp3) is 0.737. The van der Waals surface area contributed by atoms with E-state index in [0.29, 0.717) is 19.3 Å². The van der Waals surface area contributed by atoms with Crippen molar-refractivity contribution in [1.29, 1.82) is 0 Å². The smallest absolute Gasteiger partial charge is 0.326 e. The van der Waals surface area contributed by atoms with E-state index in [1.165, 1.54) is 6.92 Å². The number of amides is 3. The Bertz CT molecular complexity index is 669. The van der Waals surface area contributed by atoms with Crippen LogP contribution in [0.2, 0.25) is 0 Å². The third-order valence-corrected chi connectivity index (χ3v) is 5.39. The number of hydrogen-bond donors (Lipinski definition) is 5. The van der Waals surface area contributed by atoms with Crippen molar-refractivity contribution in [2.24, 2.45) is 11.7 Å². The van der Waals surface area contributed by atoms with Gasteiger partial charge in [0.05, 0.1) is 6.04 Å². The van der Waals surface area contributed by atoms with Crippen LogP contribution in [0.25, 0.3) is 0 Å². The van der Waals surface area contributed by atoms with Crippen molar-refractivity contribution in [3.63, 3.8) is 0 Å². The molecule has 3 amide bonds. The molecule has 5 unspecified atom stereocenters. The molecule has 1 aliphatic rings. The molecule has 0 aromatic heterocycles. The minimum Gasteiger partial charge on any atom is -0.481 e. The van der Waals surface area contributed by atoms with Gasteiger partial charge in [-0.3, -0.25) is 19.2 Å². The number of carbonyl (C=O) groups excluding carboxylic acids is 3. The van der Waals surface area contributed by atoms with Crippen molar-refractivity contribution in [1.82, 2.24) is 15.5 Å². The molecule has 1 aliphatic heterocycles. The summed E-state index contributed by atoms with van der Waals surface area (Å²) in [5.41, 5.74) is 5.85. The average Bonchev–Trinajstić information content (AvgIpc) is 3.18. The van der Waals surface area contributed by atoms with E-state index in [9.17, 15) is 29.1 Å². The van der Waals surface area contributed by atoms with Gasteiger partial charge in [0.25, 0.3) is 0 Å². The Hall–Kier alpha value is -2.69. The SMILES string of the molecule is CCC(C)C(N)C(=O)NC(C)C(=O)NC(CCC(=O)O)C(=O)N1CCCC1C(=O)O. The van der Waals surface area contributed by atoms with Crippen LogP contribution in [0, 0.1) is 5.92 Å². The summed E-state index contributed by atoms with van der Waals surface area (Å²) in [5.74, 6) is -4.24. The molecule has 0 aromatic carbocycles. The second kappa shape index (κ2) is 11.5. The molecule has 0 aliphatic carbocycles. The Morgan fingerprint density at radius 2 is 1.73 bits per heavy atom. The van der Waals surface area contributed by atoms with Gasteiger partial charge < -0.3 is 31.5 Å². The van der Waals surface area contributed by atoms with Gasteiger partial charge >= 0.3 is 11.9 Å². The monoisotopic (exact) mass is 428 g/mol. The lowest BCUT2D eigenvalue weighted by Crippen LogP contribution is -2.57. The van der Waals surface area contributed by atoms with Gasteiger partial charge in [-0.15, -0.1) is 0 Å². The Morgan fingerprint density at radius 1 is 1.10 bits per heavy atom. The first-order chi connectivity index (χ1) is 14.0. The van der Waals surface area contributed by atoms with Crippen LogP contribution < -0.4 is 16.4 Å². The summed E-state index contributed by atoms with van der Waals surface area (Å²) in [5, 5.41) is 23.2. The van der Waals surface area contributed by atoms with Crippen LogP contribution in [0.1, 0.15) is 52.9 Å². The maximum atomic E-state index is 12.8. The summed E-state index contributed by atoms with van der Waals surface area (Å²) in [7, 11) is 0. The molecule has 6 N–H and O–H groups in total. The Morgan fingerprint density at radius 3 is 2.27 bits per heavy atom. The van der Waals surface area contributed by atoms with E-state index in [0.717, 1.165) is 4.90 Å². The summed E-state index contributed by atoms with van der Waals surface area (Å²) in [6.07, 6.45) is 0.891. The molecule has 1 fully saturated rings. The summed E-state index contributed by atoms with van der Waals surface area (Å²) >= 11 is 0. The molecule has 5 atom stereocenters. The lowest BCUT2D eigenvalue weighted by atomic mass is 9.99. The van der Waals surface area contributed by atoms with Crippen LogP contribution >= 0.6 is 0 Å². The molecule has 0 bridgehead atoms. The van der Waals surface area contributed by atoms with Crippen molar-refractivity contribution < 1.29 is 34.2 Å². The molecule has 170 valence electrons. The second-order valence-corrected chi connectivity index (χ2v) is 7.66. The van der Waals surface area contributed by atoms with Gasteiger partial charge in [-0.2, -0.15) is 0 Å². The largest absolute Gasteiger partial charge is 0.481 e. The van der Waals surface area contributed by atoms with Gasteiger partial charge in [-0.25, -0.2) is 4.79 Å². The fourth-order valence-corrected chi connectivity index (χ4v) is 3.20. The first kappa shape index (κ1) is 25.3. The second-order valence-electron chi connectivity index (χ2n) is 7.66. The molecule has 1 rings (SSSR count). The molecular weight excluding hydrogens is 396 g/mol. The zero-order valence-electron chi connectivity index (χ0n) is 17.6. The zero-order chi connectivity index (χ0) is 23.0. The molecule has 30 heavy (non-hydrogen) atoms. The van der Waals surface area contributed by atoms with E-state index in [-0.39, 0.29) is 25.3 Å². The zero-order valence-corrected chi connectivity index (χ0v) is 17.6. The van der Waals surface area contributed by atoms with Crippen LogP contribution in [0.15, 0.2) is 0 Å². The number of nitrogens with zero attached hydrogens (tertiary/aromatic N) is 1. The highest BCUT2D eigenvalue weighted by Gasteiger charge is 2.38. The predicted octanol–water partition coefficient (Wildman–Crippen LogP) is -0.710. The number of carboxylic acid groups (broad SMARTS) is 2. The molecule has 1 saturated heterocycles. The van der Waals surface area contributed by atoms with Crippen LogP contribution in [-0.4, -0.2) is 75.5 Å². The minimum atomic E-state index is -1.21. The molecule has 0 saturated carbocycles. The van der Waals surface area contributed by atoms with E-state index in [1.54, 1.807) is 0 Å². The summed E-state index contributed by atoms with van der Waals surface area (Å²) in [4.78, 5) is 61.0. The third kappa shape index (κ3) is 6.97. The number of rotatable bonds is 11. The highest BCUT2D eigenvalue weighted by molar-refractivity contribution is 5.94. The van der Waals surface area contributed by atoms with Gasteiger partial charge in [0, 0.05) is 13.0 Å². The number of carbonyl (C=O) groups is 5. The summed E-state index contributed by atoms with van der Waals surface area (Å²) in [6.45, 7) is 5.33. The molecule has 11 heteroatoms. The standard InChI is InChI=1S/C19H32N4O7/c1-4-10(2)15(20)17(27)21-11(3)16(26)22-12(7-8-14(24)25)18(28)23-9-5-6-13(23)19(29)30/h10-13,15H,4-9,20H2,1-3H3,(H,21,27)(H,22,26)(H,24,25)(H,29,30). The van der Waals surface area contributed by atoms with E-state index < -0.39 is 53.8 Å². The van der Waals surface area contributed by atoms with Crippen LogP contribution in [-0.2, 0) is 24.0 Å². The highest BCUT2D eigenvalue weighted by Crippen LogP contribution is 2.19. The van der Waals surface area contributed by atoms with Crippen LogP contribution in [0.4, 0.5) is 0 Å². The maximum absolute atomic E-state index is 12.8. The number of likely N-dealkylation sites (tertiary alicyclic amines) is 1. The molecule has 1 heterocycles. The normalized spacial score (nSPS) is 20.0. The lowest BCUT2D eigenvalue weighted by molar-refractivity contribution is -0.150. The Labute approximate surface area is 175 Å². The first-order valence-electron chi connectivity index (χ1n) is 10.1. The topological polar surface area (TPSA) is 179 Å². The van der Waals surface area contributed by atoms with Gasteiger partial charge in [0.1, 0.15) is 18.1 Å². The van der Waals surface area contributed by atoms with Crippen molar-refractivity contribution >= 4 is 29.7 Å². The van der Waals surface area contributed by atoms with Crippen molar-refractivity contribution in [2.45, 2.75) is 77.0 Å². The average molecular weight is 428 g/mol. The first-order valence-corrected chi connectivity index (χ1v) is 10.1.